The summed E-state index contributed by atoms with van der Waals surface area (Å²) >= 11 is 0. The van der Waals surface area contributed by atoms with Crippen LogP contribution < -0.4 is 29.4 Å². The molecule has 2 aliphatic heterocycles. The van der Waals surface area contributed by atoms with E-state index in [1.807, 2.05) is 0 Å². The van der Waals surface area contributed by atoms with Crippen molar-refractivity contribution < 1.29 is 38.4 Å². The molecule has 0 bridgehead atoms. The molecule has 0 saturated carbocycles. The Morgan fingerprint density at radius 2 is 0.667 bits per heavy atom. The SMILES string of the molecule is C=C[N+]1(CCCCCCCCCCCCCCCC)C=NCC1.C=C[N+]1(CCCCCCCCCCCCCCCC)C=NCC1.[Br-].[Cl-]. The van der Waals surface area contributed by atoms with Gasteiger partial charge in [0.05, 0.1) is 38.6 Å². The van der Waals surface area contributed by atoms with E-state index in [9.17, 15) is 0 Å². The van der Waals surface area contributed by atoms with Crippen molar-refractivity contribution in [2.45, 2.75) is 194 Å². The molecule has 6 heteroatoms. The molecule has 284 valence electrons. The van der Waals surface area contributed by atoms with E-state index in [1.165, 1.54) is 193 Å². The molecule has 0 amide bonds. The Kier molecular flexibility index (Phi) is 37.5. The number of hydrogen-bond acceptors (Lipinski definition) is 2. The maximum Gasteiger partial charge on any atom is 0.190 e. The van der Waals surface area contributed by atoms with Gasteiger partial charge in [0.15, 0.2) is 12.7 Å². The van der Waals surface area contributed by atoms with Gasteiger partial charge in [-0.15, -0.1) is 0 Å². The van der Waals surface area contributed by atoms with E-state index in [-0.39, 0.29) is 29.4 Å². The van der Waals surface area contributed by atoms with Crippen LogP contribution in [0, 0.1) is 0 Å². The zero-order valence-corrected chi connectivity index (χ0v) is 34.7. The van der Waals surface area contributed by atoms with Gasteiger partial charge in [0.1, 0.15) is 13.1 Å². The lowest BCUT2D eigenvalue weighted by atomic mass is 10.0. The van der Waals surface area contributed by atoms with Crippen LogP contribution in [0.1, 0.15) is 194 Å². The summed E-state index contributed by atoms with van der Waals surface area (Å²) in [6.07, 6.45) is 48.3. The Morgan fingerprint density at radius 1 is 0.438 bits per heavy atom. The Hall–Kier alpha value is -0.490. The van der Waals surface area contributed by atoms with Gasteiger partial charge in [-0.05, 0) is 38.8 Å². The molecule has 0 aromatic heterocycles. The molecule has 0 aromatic rings. The topological polar surface area (TPSA) is 24.7 Å². The number of aliphatic imine (C=N–C) groups is 2. The minimum atomic E-state index is 0. The van der Waals surface area contributed by atoms with Crippen molar-refractivity contribution >= 4 is 12.7 Å². The monoisotopic (exact) mass is 757 g/mol. The lowest BCUT2D eigenvalue weighted by molar-refractivity contribution is -0.774. The third-order valence-electron chi connectivity index (χ3n) is 10.5. The fraction of sp³-hybridized carbons (Fsp3) is 0.857. The first-order chi connectivity index (χ1) is 22.7. The van der Waals surface area contributed by atoms with E-state index in [0.717, 1.165) is 35.1 Å². The van der Waals surface area contributed by atoms with Crippen LogP contribution in [0.5, 0.6) is 0 Å². The summed E-state index contributed by atoms with van der Waals surface area (Å²) in [5.41, 5.74) is 0. The molecule has 0 radical (unpaired) electrons. The molecule has 4 nitrogen and oxygen atoms in total. The van der Waals surface area contributed by atoms with E-state index in [4.69, 9.17) is 0 Å². The third-order valence-corrected chi connectivity index (χ3v) is 10.5. The van der Waals surface area contributed by atoms with Crippen LogP contribution in [-0.4, -0.2) is 60.9 Å². The van der Waals surface area contributed by atoms with Crippen molar-refractivity contribution in [1.29, 1.82) is 0 Å². The van der Waals surface area contributed by atoms with Gasteiger partial charge >= 0.3 is 0 Å². The summed E-state index contributed by atoms with van der Waals surface area (Å²) in [5, 5.41) is 0. The van der Waals surface area contributed by atoms with Crippen LogP contribution >= 0.6 is 0 Å². The average molecular weight is 759 g/mol. The molecule has 2 atom stereocenters. The van der Waals surface area contributed by atoms with Crippen LogP contribution in [0.3, 0.4) is 0 Å². The summed E-state index contributed by atoms with van der Waals surface area (Å²) < 4.78 is 1.83. The van der Waals surface area contributed by atoms with Crippen molar-refractivity contribution in [3.63, 3.8) is 0 Å². The average Bonchev–Trinajstić information content (AvgIpc) is 3.76. The molecule has 2 aliphatic rings. The fourth-order valence-corrected chi connectivity index (χ4v) is 7.04. The van der Waals surface area contributed by atoms with E-state index in [2.05, 4.69) is 62.1 Å². The van der Waals surface area contributed by atoms with E-state index in [0.29, 0.717) is 0 Å². The molecule has 0 aromatic carbocycles. The normalized spacial score (nSPS) is 19.4. The number of rotatable bonds is 32. The molecule has 48 heavy (non-hydrogen) atoms. The van der Waals surface area contributed by atoms with Crippen molar-refractivity contribution in [3.05, 3.63) is 25.6 Å². The molecule has 0 aliphatic carbocycles. The summed E-state index contributed by atoms with van der Waals surface area (Å²) in [5.74, 6) is 0. The van der Waals surface area contributed by atoms with Gasteiger partial charge in [0, 0.05) is 0 Å². The van der Waals surface area contributed by atoms with Crippen LogP contribution in [0.2, 0.25) is 0 Å². The number of quaternary nitrogens is 2. The largest absolute Gasteiger partial charge is 1.00 e. The molecule has 0 fully saturated rings. The van der Waals surface area contributed by atoms with E-state index < -0.39 is 0 Å². The molecular formula is C42H82BrClN4. The maximum atomic E-state index is 4.37. The zero-order valence-electron chi connectivity index (χ0n) is 32.3. The van der Waals surface area contributed by atoms with Crippen molar-refractivity contribution in [2.75, 3.05) is 39.3 Å². The number of nitrogens with zero attached hydrogens (tertiary/aromatic N) is 4. The Bertz CT molecular complexity index is 698. The standard InChI is InChI=1S/2C21H41N2.BrH.ClH/c2*1-3-5-6-7-8-9-10-11-12-13-14-15-16-17-19-23(4-2)20-18-22-21-23;;/h2*4,21H,2-3,5-20H2,1H3;2*1H/q2*+1;;/p-2. The Labute approximate surface area is 318 Å². The molecule has 0 N–H and O–H groups in total. The van der Waals surface area contributed by atoms with Gasteiger partial charge in [0.25, 0.3) is 0 Å². The number of hydrogen-bond donors (Lipinski definition) is 0. The molecular weight excluding hydrogens is 676 g/mol. The smallest absolute Gasteiger partial charge is 0.190 e. The molecule has 0 spiro atoms. The quantitative estimate of drug-likeness (QED) is 0.0525. The van der Waals surface area contributed by atoms with Gasteiger partial charge in [-0.2, -0.15) is 0 Å². The number of halogens is 2. The first-order valence-corrected chi connectivity index (χ1v) is 20.7. The Morgan fingerprint density at radius 3 is 0.854 bits per heavy atom. The predicted octanol–water partition coefficient (Wildman–Crippen LogP) is 6.95. The molecule has 0 saturated heterocycles. The van der Waals surface area contributed by atoms with Crippen molar-refractivity contribution in [3.8, 4) is 0 Å². The first-order valence-electron chi connectivity index (χ1n) is 20.7. The minimum absolute atomic E-state index is 0. The summed E-state index contributed by atoms with van der Waals surface area (Å²) in [6.45, 7) is 19.1. The first kappa shape index (κ1) is 49.6. The van der Waals surface area contributed by atoms with Crippen molar-refractivity contribution in [2.24, 2.45) is 9.98 Å². The second kappa shape index (κ2) is 36.3. The fourth-order valence-electron chi connectivity index (χ4n) is 7.04. The van der Waals surface area contributed by atoms with E-state index >= 15 is 0 Å². The highest BCUT2D eigenvalue weighted by Crippen LogP contribution is 2.17. The third kappa shape index (κ3) is 27.3. The number of unbranched alkanes of at least 4 members (excludes halogenated alkanes) is 26. The summed E-state index contributed by atoms with van der Waals surface area (Å²) in [6, 6.07) is 0. The minimum Gasteiger partial charge on any atom is -1.00 e. The second-order valence-corrected chi connectivity index (χ2v) is 14.7. The van der Waals surface area contributed by atoms with Gasteiger partial charge in [0.2, 0.25) is 0 Å². The van der Waals surface area contributed by atoms with Gasteiger partial charge in [-0.1, -0.05) is 168 Å². The van der Waals surface area contributed by atoms with Crippen molar-refractivity contribution in [1.82, 2.24) is 0 Å². The summed E-state index contributed by atoms with van der Waals surface area (Å²) in [4.78, 5) is 8.74. The van der Waals surface area contributed by atoms with Crippen LogP contribution in [0.25, 0.3) is 0 Å². The van der Waals surface area contributed by atoms with E-state index in [1.54, 1.807) is 0 Å². The molecule has 2 heterocycles. The van der Waals surface area contributed by atoms with Gasteiger partial charge in [-0.3, -0.25) is 8.97 Å². The second-order valence-electron chi connectivity index (χ2n) is 14.7. The Balaban J connectivity index is 0. The van der Waals surface area contributed by atoms with Gasteiger partial charge < -0.3 is 29.4 Å². The highest BCUT2D eigenvalue weighted by atomic mass is 79.9. The molecule has 2 rings (SSSR count). The lowest BCUT2D eigenvalue weighted by Crippen LogP contribution is -3.00. The van der Waals surface area contributed by atoms with Crippen LogP contribution in [0.15, 0.2) is 35.5 Å². The van der Waals surface area contributed by atoms with Crippen LogP contribution in [-0.2, 0) is 0 Å². The maximum absolute atomic E-state index is 4.37. The zero-order chi connectivity index (χ0) is 33.3. The summed E-state index contributed by atoms with van der Waals surface area (Å²) in [7, 11) is 0. The predicted molar refractivity (Wildman–Crippen MR) is 208 cm³/mol. The van der Waals surface area contributed by atoms with Gasteiger partial charge in [-0.25, -0.2) is 9.98 Å². The molecule has 2 unspecified atom stereocenters. The van der Waals surface area contributed by atoms with Crippen LogP contribution in [0.4, 0.5) is 0 Å². The highest BCUT2D eigenvalue weighted by molar-refractivity contribution is 5.49. The highest BCUT2D eigenvalue weighted by Gasteiger charge is 2.26. The lowest BCUT2D eigenvalue weighted by Gasteiger charge is -2.24.